The minimum atomic E-state index is -0.708. The van der Waals surface area contributed by atoms with E-state index in [2.05, 4.69) is 10.6 Å². The number of para-hydroxylation sites is 1. The Hall–Kier alpha value is -4.03. The monoisotopic (exact) mass is 449 g/mol. The molecule has 1 aromatic heterocycles. The molecule has 0 spiro atoms. The Kier molecular flexibility index (Phi) is 7.67. The van der Waals surface area contributed by atoms with Crippen LogP contribution in [-0.2, 0) is 9.53 Å². The van der Waals surface area contributed by atoms with Crippen molar-refractivity contribution in [2.24, 2.45) is 0 Å². The Morgan fingerprint density at radius 3 is 2.62 bits per heavy atom. The molecule has 2 N–H and O–H groups in total. The number of ether oxygens (including phenoxy) is 1. The van der Waals surface area contributed by atoms with Crippen molar-refractivity contribution in [2.75, 3.05) is 23.0 Å². The van der Waals surface area contributed by atoms with E-state index in [1.54, 1.807) is 49.4 Å². The zero-order valence-electron chi connectivity index (χ0n) is 17.1. The molecule has 2 aromatic carbocycles. The number of hydrogen-bond donors (Lipinski definition) is 2. The summed E-state index contributed by atoms with van der Waals surface area (Å²) in [4.78, 5) is 37.6. The Morgan fingerprint density at radius 1 is 1.06 bits per heavy atom. The van der Waals surface area contributed by atoms with Crippen LogP contribution in [0.5, 0.6) is 0 Å². The van der Waals surface area contributed by atoms with Crippen molar-refractivity contribution in [3.8, 4) is 6.07 Å². The van der Waals surface area contributed by atoms with Crippen LogP contribution >= 0.6 is 11.8 Å². The summed E-state index contributed by atoms with van der Waals surface area (Å²) in [7, 11) is 0. The summed E-state index contributed by atoms with van der Waals surface area (Å²) in [6.45, 7) is 1.29. The summed E-state index contributed by atoms with van der Waals surface area (Å²) >= 11 is 1.29. The molecule has 0 aliphatic heterocycles. The van der Waals surface area contributed by atoms with E-state index in [0.717, 1.165) is 10.5 Å². The minimum absolute atomic E-state index is 0.141. The van der Waals surface area contributed by atoms with Gasteiger partial charge in [0.25, 0.3) is 11.8 Å². The molecule has 3 rings (SSSR count). The number of rotatable bonds is 8. The van der Waals surface area contributed by atoms with Crippen LogP contribution in [0, 0.1) is 18.3 Å². The van der Waals surface area contributed by atoms with Gasteiger partial charge in [-0.25, -0.2) is 4.79 Å². The highest BCUT2D eigenvalue weighted by Gasteiger charge is 2.15. The van der Waals surface area contributed by atoms with E-state index >= 15 is 0 Å². The fourth-order valence-corrected chi connectivity index (χ4v) is 3.35. The molecule has 2 amide bonds. The van der Waals surface area contributed by atoms with E-state index < -0.39 is 24.4 Å². The second-order valence-electron chi connectivity index (χ2n) is 6.53. The number of hydrogen-bond acceptors (Lipinski definition) is 7. The third kappa shape index (κ3) is 6.00. The number of amides is 2. The fraction of sp³-hybridized carbons (Fsp3) is 0.130. The molecule has 0 aliphatic carbocycles. The van der Waals surface area contributed by atoms with E-state index in [0.29, 0.717) is 11.4 Å². The lowest BCUT2D eigenvalue weighted by Gasteiger charge is -2.11. The standard InChI is InChI=1S/C23H19N3O5S/c1-15-8-9-16(13-18(15)26-22(28)19-6-4-11-30-19)23(29)31-14-21(27)25-17-5-2-3-7-20(17)32-12-10-24/h2-9,11,13H,12,14H2,1H3,(H,25,27)(H,26,28). The second kappa shape index (κ2) is 10.8. The Balaban J connectivity index is 1.60. The molecule has 1 heterocycles. The second-order valence-corrected chi connectivity index (χ2v) is 7.55. The van der Waals surface area contributed by atoms with Crippen LogP contribution in [0.3, 0.4) is 0 Å². The zero-order chi connectivity index (χ0) is 22.9. The highest BCUT2D eigenvalue weighted by molar-refractivity contribution is 7.99. The molecule has 0 aliphatic rings. The Bertz CT molecular complexity index is 1170. The topological polar surface area (TPSA) is 121 Å². The van der Waals surface area contributed by atoms with Gasteiger partial charge in [-0.2, -0.15) is 5.26 Å². The summed E-state index contributed by atoms with van der Waals surface area (Å²) in [5.41, 5.74) is 1.88. The first kappa shape index (κ1) is 22.7. The molecule has 8 nitrogen and oxygen atoms in total. The van der Waals surface area contributed by atoms with Gasteiger partial charge in [0.15, 0.2) is 12.4 Å². The summed E-state index contributed by atoms with van der Waals surface area (Å²) in [6, 6.07) is 16.9. The number of carbonyl (C=O) groups excluding carboxylic acids is 3. The first-order valence-corrected chi connectivity index (χ1v) is 10.5. The number of carbonyl (C=O) groups is 3. The van der Waals surface area contributed by atoms with Gasteiger partial charge in [-0.15, -0.1) is 11.8 Å². The van der Waals surface area contributed by atoms with Crippen molar-refractivity contribution >= 4 is 40.9 Å². The molecule has 0 atom stereocenters. The highest BCUT2D eigenvalue weighted by Crippen LogP contribution is 2.26. The molecule has 32 heavy (non-hydrogen) atoms. The molecular formula is C23H19N3O5S. The maximum absolute atomic E-state index is 12.4. The predicted molar refractivity (Wildman–Crippen MR) is 120 cm³/mol. The first-order valence-electron chi connectivity index (χ1n) is 9.49. The predicted octanol–water partition coefficient (Wildman–Crippen LogP) is 4.25. The van der Waals surface area contributed by atoms with Gasteiger partial charge >= 0.3 is 5.97 Å². The smallest absolute Gasteiger partial charge is 0.338 e. The lowest BCUT2D eigenvalue weighted by atomic mass is 10.1. The lowest BCUT2D eigenvalue weighted by molar-refractivity contribution is -0.119. The number of nitriles is 1. The van der Waals surface area contributed by atoms with Crippen LogP contribution in [0.1, 0.15) is 26.5 Å². The van der Waals surface area contributed by atoms with Crippen molar-refractivity contribution < 1.29 is 23.5 Å². The molecule has 0 saturated carbocycles. The highest BCUT2D eigenvalue weighted by atomic mass is 32.2. The van der Waals surface area contributed by atoms with Gasteiger partial charge in [0.1, 0.15) is 0 Å². The molecule has 0 radical (unpaired) electrons. The third-order valence-electron chi connectivity index (χ3n) is 4.25. The Labute approximate surface area is 188 Å². The maximum Gasteiger partial charge on any atom is 0.338 e. The van der Waals surface area contributed by atoms with Crippen molar-refractivity contribution in [3.05, 3.63) is 77.7 Å². The summed E-state index contributed by atoms with van der Waals surface area (Å²) in [5, 5.41) is 14.1. The van der Waals surface area contributed by atoms with Crippen LogP contribution in [0.4, 0.5) is 11.4 Å². The minimum Gasteiger partial charge on any atom is -0.459 e. The van der Waals surface area contributed by atoms with Gasteiger partial charge in [0.2, 0.25) is 0 Å². The fourth-order valence-electron chi connectivity index (χ4n) is 2.68. The van der Waals surface area contributed by atoms with E-state index in [4.69, 9.17) is 14.4 Å². The maximum atomic E-state index is 12.4. The largest absolute Gasteiger partial charge is 0.459 e. The average molecular weight is 449 g/mol. The molecule has 9 heteroatoms. The number of furan rings is 1. The normalized spacial score (nSPS) is 10.1. The van der Waals surface area contributed by atoms with Crippen LogP contribution in [0.15, 0.2) is 70.2 Å². The quantitative estimate of drug-likeness (QED) is 0.389. The summed E-state index contributed by atoms with van der Waals surface area (Å²) < 4.78 is 10.2. The van der Waals surface area contributed by atoms with Gasteiger partial charge in [-0.1, -0.05) is 18.2 Å². The molecule has 0 saturated heterocycles. The van der Waals surface area contributed by atoms with Gasteiger partial charge in [-0.3, -0.25) is 9.59 Å². The van der Waals surface area contributed by atoms with Gasteiger partial charge < -0.3 is 19.8 Å². The van der Waals surface area contributed by atoms with E-state index in [-0.39, 0.29) is 17.1 Å². The Morgan fingerprint density at radius 2 is 1.88 bits per heavy atom. The van der Waals surface area contributed by atoms with Crippen molar-refractivity contribution in [3.63, 3.8) is 0 Å². The number of nitrogens with zero attached hydrogens (tertiary/aromatic N) is 1. The number of anilines is 2. The number of benzene rings is 2. The number of esters is 1. The number of thioether (sulfide) groups is 1. The van der Waals surface area contributed by atoms with E-state index in [1.807, 2.05) is 6.07 Å². The summed E-state index contributed by atoms with van der Waals surface area (Å²) in [5.74, 6) is -1.28. The van der Waals surface area contributed by atoms with Crippen molar-refractivity contribution in [1.82, 2.24) is 0 Å². The van der Waals surface area contributed by atoms with Crippen LogP contribution in [0.2, 0.25) is 0 Å². The number of nitrogens with one attached hydrogen (secondary N) is 2. The van der Waals surface area contributed by atoms with Gasteiger partial charge in [0, 0.05) is 10.6 Å². The van der Waals surface area contributed by atoms with Crippen LogP contribution in [0.25, 0.3) is 0 Å². The van der Waals surface area contributed by atoms with Gasteiger partial charge in [0.05, 0.1) is 29.3 Å². The van der Waals surface area contributed by atoms with Crippen molar-refractivity contribution in [1.29, 1.82) is 5.26 Å². The van der Waals surface area contributed by atoms with Crippen LogP contribution < -0.4 is 10.6 Å². The van der Waals surface area contributed by atoms with Crippen LogP contribution in [-0.4, -0.2) is 30.1 Å². The van der Waals surface area contributed by atoms with Crippen molar-refractivity contribution in [2.45, 2.75) is 11.8 Å². The lowest BCUT2D eigenvalue weighted by Crippen LogP contribution is -2.21. The average Bonchev–Trinajstić information content (AvgIpc) is 3.33. The van der Waals surface area contributed by atoms with E-state index in [1.165, 1.54) is 30.2 Å². The molecule has 3 aromatic rings. The van der Waals surface area contributed by atoms with E-state index in [9.17, 15) is 14.4 Å². The molecule has 0 unspecified atom stereocenters. The molecule has 0 fully saturated rings. The molecule has 162 valence electrons. The zero-order valence-corrected chi connectivity index (χ0v) is 17.9. The molecule has 0 bridgehead atoms. The SMILES string of the molecule is Cc1ccc(C(=O)OCC(=O)Nc2ccccc2SCC#N)cc1NC(=O)c1ccco1. The third-order valence-corrected chi connectivity index (χ3v) is 5.19. The molecular weight excluding hydrogens is 430 g/mol. The summed E-state index contributed by atoms with van der Waals surface area (Å²) in [6.07, 6.45) is 1.39. The number of aryl methyl sites for hydroxylation is 1. The van der Waals surface area contributed by atoms with Gasteiger partial charge in [-0.05, 0) is 48.9 Å². The first-order chi connectivity index (χ1) is 15.5.